The molecule has 0 saturated heterocycles. The largest absolute Gasteiger partial charge is 0.490 e. The third-order valence-corrected chi connectivity index (χ3v) is 6.76. The van der Waals surface area contributed by atoms with Crippen molar-refractivity contribution >= 4 is 17.8 Å². The van der Waals surface area contributed by atoms with Gasteiger partial charge in [-0.2, -0.15) is 0 Å². The Bertz CT molecular complexity index is 907. The summed E-state index contributed by atoms with van der Waals surface area (Å²) >= 11 is 0. The fourth-order valence-electron chi connectivity index (χ4n) is 4.82. The number of hydrogen-bond acceptors (Lipinski definition) is 5. The van der Waals surface area contributed by atoms with Crippen LogP contribution >= 0.6 is 0 Å². The molecule has 2 amide bonds. The summed E-state index contributed by atoms with van der Waals surface area (Å²) < 4.78 is 6.18. The molecule has 2 aliphatic carbocycles. The molecule has 7 nitrogen and oxygen atoms in total. The summed E-state index contributed by atoms with van der Waals surface area (Å²) in [7, 11) is 0. The molecule has 0 radical (unpaired) electrons. The van der Waals surface area contributed by atoms with Crippen LogP contribution in [-0.2, 0) is 9.59 Å². The second-order valence-corrected chi connectivity index (χ2v) is 9.89. The monoisotopic (exact) mass is 410 g/mol. The number of carbonyl (C=O) groups excluding carboxylic acids is 2. The summed E-state index contributed by atoms with van der Waals surface area (Å²) in [5, 5.41) is 3.27. The number of nitrogens with zero attached hydrogens (tertiary/aromatic N) is 2. The molecule has 0 spiro atoms. The Labute approximate surface area is 177 Å². The van der Waals surface area contributed by atoms with Crippen LogP contribution in [0.3, 0.4) is 0 Å². The van der Waals surface area contributed by atoms with Crippen molar-refractivity contribution in [2.24, 2.45) is 28.5 Å². The quantitative estimate of drug-likeness (QED) is 0.779. The Morgan fingerprint density at radius 3 is 2.80 bits per heavy atom. The standard InChI is InChI=1S/C23H30N4O3/c1-23(2)11-20(28)27(22(24)26-23)12-14-9-16(14)21(29)25-17-10-19(13-7-8-13)30-18-6-4-3-5-15(17)18/h3-6,13-14,16-17,19H,7-12H2,1-2H3,(H2,24,26)(H,25,29)/t14-,16+,17+,19?/m1/s1. The molecular formula is C23H30N4O3. The first kappa shape index (κ1) is 19.4. The highest BCUT2D eigenvalue weighted by molar-refractivity contribution is 5.99. The lowest BCUT2D eigenvalue weighted by Gasteiger charge is -2.33. The van der Waals surface area contributed by atoms with Crippen molar-refractivity contribution in [2.45, 2.75) is 63.6 Å². The van der Waals surface area contributed by atoms with E-state index in [1.165, 1.54) is 12.8 Å². The predicted molar refractivity (Wildman–Crippen MR) is 113 cm³/mol. The minimum Gasteiger partial charge on any atom is -0.490 e. The van der Waals surface area contributed by atoms with E-state index in [4.69, 9.17) is 10.5 Å². The highest BCUT2D eigenvalue weighted by atomic mass is 16.5. The first-order valence-electron chi connectivity index (χ1n) is 11.0. The first-order valence-corrected chi connectivity index (χ1v) is 11.0. The fraction of sp³-hybridized carbons (Fsp3) is 0.609. The van der Waals surface area contributed by atoms with Crippen molar-refractivity contribution in [3.05, 3.63) is 29.8 Å². The van der Waals surface area contributed by atoms with Crippen LogP contribution < -0.4 is 15.8 Å². The maximum Gasteiger partial charge on any atom is 0.231 e. The molecule has 0 bridgehead atoms. The van der Waals surface area contributed by atoms with E-state index in [2.05, 4.69) is 10.3 Å². The topological polar surface area (TPSA) is 97.0 Å². The maximum atomic E-state index is 13.0. The first-order chi connectivity index (χ1) is 14.3. The number of amides is 2. The summed E-state index contributed by atoms with van der Waals surface area (Å²) in [6.07, 6.45) is 4.56. The van der Waals surface area contributed by atoms with Crippen molar-refractivity contribution in [2.75, 3.05) is 6.54 Å². The van der Waals surface area contributed by atoms with Gasteiger partial charge in [-0.1, -0.05) is 18.2 Å². The van der Waals surface area contributed by atoms with Gasteiger partial charge in [0.1, 0.15) is 11.9 Å². The van der Waals surface area contributed by atoms with Gasteiger partial charge in [0.25, 0.3) is 0 Å². The van der Waals surface area contributed by atoms with E-state index in [1.807, 2.05) is 38.1 Å². The fourth-order valence-corrected chi connectivity index (χ4v) is 4.82. The van der Waals surface area contributed by atoms with E-state index in [0.717, 1.165) is 24.2 Å². The summed E-state index contributed by atoms with van der Waals surface area (Å²) in [6.45, 7) is 4.28. The number of fused-ring (bicyclic) bond motifs is 1. The molecule has 2 fully saturated rings. The molecule has 2 aliphatic heterocycles. The van der Waals surface area contributed by atoms with E-state index < -0.39 is 5.54 Å². The van der Waals surface area contributed by atoms with Crippen LogP contribution in [0.25, 0.3) is 0 Å². The van der Waals surface area contributed by atoms with Crippen LogP contribution in [0, 0.1) is 17.8 Å². The van der Waals surface area contributed by atoms with Crippen molar-refractivity contribution in [3.8, 4) is 5.75 Å². The van der Waals surface area contributed by atoms with Gasteiger partial charge in [-0.25, -0.2) is 4.99 Å². The molecule has 0 aromatic heterocycles. The molecule has 5 rings (SSSR count). The molecule has 7 heteroatoms. The number of aliphatic imine (C=N–C) groups is 1. The van der Waals surface area contributed by atoms with Gasteiger partial charge < -0.3 is 15.8 Å². The van der Waals surface area contributed by atoms with Crippen molar-refractivity contribution in [1.29, 1.82) is 0 Å². The number of rotatable bonds is 5. The normalized spacial score (nSPS) is 32.0. The van der Waals surface area contributed by atoms with Crippen LogP contribution in [0.2, 0.25) is 0 Å². The van der Waals surface area contributed by atoms with Crippen LogP contribution in [0.4, 0.5) is 0 Å². The van der Waals surface area contributed by atoms with Crippen molar-refractivity contribution in [1.82, 2.24) is 10.2 Å². The van der Waals surface area contributed by atoms with Crippen LogP contribution in [0.15, 0.2) is 29.3 Å². The average Bonchev–Trinajstić information content (AvgIpc) is 3.58. The zero-order valence-electron chi connectivity index (χ0n) is 17.6. The third-order valence-electron chi connectivity index (χ3n) is 6.76. The number of guanidine groups is 1. The molecule has 3 N–H and O–H groups in total. The molecule has 160 valence electrons. The molecule has 2 saturated carbocycles. The number of nitrogens with one attached hydrogen (secondary N) is 1. The van der Waals surface area contributed by atoms with Gasteiger partial charge in [0.2, 0.25) is 11.8 Å². The Morgan fingerprint density at radius 2 is 2.07 bits per heavy atom. The number of carbonyl (C=O) groups is 2. The lowest BCUT2D eigenvalue weighted by Crippen LogP contribution is -2.50. The summed E-state index contributed by atoms with van der Waals surface area (Å²) in [5.41, 5.74) is 6.64. The Morgan fingerprint density at radius 1 is 1.30 bits per heavy atom. The van der Waals surface area contributed by atoms with E-state index in [1.54, 1.807) is 4.90 Å². The van der Waals surface area contributed by atoms with Gasteiger partial charge in [0.05, 0.1) is 18.0 Å². The number of para-hydroxylation sites is 1. The minimum atomic E-state index is -0.452. The van der Waals surface area contributed by atoms with Gasteiger partial charge in [0.15, 0.2) is 5.96 Å². The van der Waals surface area contributed by atoms with E-state index in [-0.39, 0.29) is 41.8 Å². The summed E-state index contributed by atoms with van der Waals surface area (Å²) in [5.74, 6) is 1.90. The highest BCUT2D eigenvalue weighted by Crippen LogP contribution is 2.45. The Balaban J connectivity index is 1.22. The second kappa shape index (κ2) is 7.00. The molecule has 30 heavy (non-hydrogen) atoms. The molecule has 4 aliphatic rings. The smallest absolute Gasteiger partial charge is 0.231 e. The number of benzene rings is 1. The zero-order chi connectivity index (χ0) is 21.0. The number of ether oxygens (including phenoxy) is 1. The zero-order valence-corrected chi connectivity index (χ0v) is 17.6. The molecule has 1 unspecified atom stereocenters. The molecule has 4 atom stereocenters. The van der Waals surface area contributed by atoms with Crippen molar-refractivity contribution < 1.29 is 14.3 Å². The van der Waals surface area contributed by atoms with Crippen LogP contribution in [0.5, 0.6) is 5.75 Å². The van der Waals surface area contributed by atoms with Crippen molar-refractivity contribution in [3.63, 3.8) is 0 Å². The predicted octanol–water partition coefficient (Wildman–Crippen LogP) is 2.37. The average molecular weight is 411 g/mol. The third kappa shape index (κ3) is 3.77. The minimum absolute atomic E-state index is 0.0100. The van der Waals surface area contributed by atoms with Gasteiger partial charge in [-0.15, -0.1) is 0 Å². The van der Waals surface area contributed by atoms with Gasteiger partial charge in [-0.3, -0.25) is 14.5 Å². The number of hydrogen-bond donors (Lipinski definition) is 2. The Kier molecular flexibility index (Phi) is 4.52. The van der Waals surface area contributed by atoms with Crippen LogP contribution in [0.1, 0.15) is 57.6 Å². The lowest BCUT2D eigenvalue weighted by atomic mass is 9.94. The molecule has 1 aromatic rings. The Hall–Kier alpha value is -2.57. The highest BCUT2D eigenvalue weighted by Gasteiger charge is 2.47. The van der Waals surface area contributed by atoms with E-state index >= 15 is 0 Å². The van der Waals surface area contributed by atoms with Gasteiger partial charge in [0, 0.05) is 24.4 Å². The summed E-state index contributed by atoms with van der Waals surface area (Å²) in [4.78, 5) is 31.4. The van der Waals surface area contributed by atoms with E-state index in [9.17, 15) is 9.59 Å². The molecule has 2 heterocycles. The van der Waals surface area contributed by atoms with E-state index in [0.29, 0.717) is 18.9 Å². The summed E-state index contributed by atoms with van der Waals surface area (Å²) in [6, 6.07) is 7.99. The van der Waals surface area contributed by atoms with Gasteiger partial charge >= 0.3 is 0 Å². The molecule has 1 aromatic carbocycles. The lowest BCUT2D eigenvalue weighted by molar-refractivity contribution is -0.130. The van der Waals surface area contributed by atoms with Crippen LogP contribution in [-0.4, -0.2) is 40.9 Å². The second-order valence-electron chi connectivity index (χ2n) is 9.89. The van der Waals surface area contributed by atoms with Gasteiger partial charge in [-0.05, 0) is 51.0 Å². The maximum absolute atomic E-state index is 13.0. The number of nitrogens with two attached hydrogens (primary N) is 1. The molecular weight excluding hydrogens is 380 g/mol. The SMILES string of the molecule is CC1(C)CC(=O)N(C[C@H]2C[C@@H]2C(=O)N[C@H]2CC(C3CC3)Oc3ccccc32)C(N)=N1.